The molecule has 0 aromatic carbocycles. The maximum atomic E-state index is 12.8. The summed E-state index contributed by atoms with van der Waals surface area (Å²) in [4.78, 5) is 0.360. The second-order valence-electron chi connectivity index (χ2n) is 5.64. The molecule has 1 fully saturated rings. The molecule has 0 bridgehead atoms. The molecule has 1 aliphatic heterocycles. The SMILES string of the molecule is CCNCc1cc(S(=O)(=O)N2CC(C)OC(C)C2)cn1C. The van der Waals surface area contributed by atoms with E-state index in [9.17, 15) is 8.42 Å². The average Bonchev–Trinajstić information content (AvgIpc) is 2.77. The normalized spacial score (nSPS) is 24.4. The van der Waals surface area contributed by atoms with Gasteiger partial charge in [0.15, 0.2) is 0 Å². The van der Waals surface area contributed by atoms with Crippen molar-refractivity contribution >= 4 is 10.0 Å². The molecule has 0 saturated carbocycles. The van der Waals surface area contributed by atoms with E-state index in [1.807, 2.05) is 32.4 Å². The number of aromatic nitrogens is 1. The van der Waals surface area contributed by atoms with E-state index in [2.05, 4.69) is 5.32 Å². The van der Waals surface area contributed by atoms with E-state index in [4.69, 9.17) is 4.74 Å². The maximum absolute atomic E-state index is 12.8. The Morgan fingerprint density at radius 2 is 1.95 bits per heavy atom. The van der Waals surface area contributed by atoms with Gasteiger partial charge in [-0.3, -0.25) is 0 Å². The molecule has 2 rings (SSSR count). The highest BCUT2D eigenvalue weighted by Crippen LogP contribution is 2.22. The van der Waals surface area contributed by atoms with Crippen LogP contribution >= 0.6 is 0 Å². The van der Waals surface area contributed by atoms with Gasteiger partial charge < -0.3 is 14.6 Å². The van der Waals surface area contributed by atoms with Crippen LogP contribution in [0.3, 0.4) is 0 Å². The van der Waals surface area contributed by atoms with Crippen LogP contribution in [0.5, 0.6) is 0 Å². The minimum Gasteiger partial charge on any atom is -0.373 e. The third-order valence-corrected chi connectivity index (χ3v) is 5.46. The fourth-order valence-electron chi connectivity index (χ4n) is 2.62. The molecule has 1 saturated heterocycles. The van der Waals surface area contributed by atoms with Gasteiger partial charge >= 0.3 is 0 Å². The topological polar surface area (TPSA) is 63.6 Å². The number of rotatable bonds is 5. The standard InChI is InChI=1S/C14H25N3O3S/c1-5-15-7-13-6-14(10-16(13)4)21(18,19)17-8-11(2)20-12(3)9-17/h6,10-12,15H,5,7-9H2,1-4H3. The molecule has 2 heterocycles. The quantitative estimate of drug-likeness (QED) is 0.878. The average molecular weight is 315 g/mol. The van der Waals surface area contributed by atoms with Crippen LogP contribution in [0.4, 0.5) is 0 Å². The van der Waals surface area contributed by atoms with Gasteiger partial charge in [-0.15, -0.1) is 0 Å². The van der Waals surface area contributed by atoms with Crippen molar-refractivity contribution in [3.63, 3.8) is 0 Å². The zero-order valence-electron chi connectivity index (χ0n) is 13.2. The molecule has 7 heteroatoms. The van der Waals surface area contributed by atoms with Crippen LogP contribution in [-0.4, -0.2) is 49.1 Å². The van der Waals surface area contributed by atoms with Gasteiger partial charge in [-0.05, 0) is 26.5 Å². The lowest BCUT2D eigenvalue weighted by Crippen LogP contribution is -2.48. The predicted molar refractivity (Wildman–Crippen MR) is 81.6 cm³/mol. The van der Waals surface area contributed by atoms with Crippen LogP contribution in [0.2, 0.25) is 0 Å². The number of nitrogens with zero attached hydrogens (tertiary/aromatic N) is 2. The van der Waals surface area contributed by atoms with Crippen LogP contribution < -0.4 is 5.32 Å². The lowest BCUT2D eigenvalue weighted by atomic mass is 10.3. The third-order valence-electron chi connectivity index (χ3n) is 3.66. The van der Waals surface area contributed by atoms with Gasteiger partial charge in [-0.2, -0.15) is 4.31 Å². The predicted octanol–water partition coefficient (Wildman–Crippen LogP) is 0.932. The Bertz CT molecular complexity index is 572. The maximum Gasteiger partial charge on any atom is 0.244 e. The van der Waals surface area contributed by atoms with E-state index < -0.39 is 10.0 Å². The fraction of sp³-hybridized carbons (Fsp3) is 0.714. The largest absolute Gasteiger partial charge is 0.373 e. The second kappa shape index (κ2) is 6.48. The Labute approximate surface area is 127 Å². The van der Waals surface area contributed by atoms with E-state index in [1.54, 1.807) is 12.3 Å². The summed E-state index contributed by atoms with van der Waals surface area (Å²) in [5, 5.41) is 3.21. The summed E-state index contributed by atoms with van der Waals surface area (Å²) in [5.74, 6) is 0. The molecule has 0 aliphatic carbocycles. The first-order valence-electron chi connectivity index (χ1n) is 7.36. The summed E-state index contributed by atoms with van der Waals surface area (Å²) in [7, 11) is -1.58. The van der Waals surface area contributed by atoms with Gasteiger partial charge in [0.2, 0.25) is 10.0 Å². The van der Waals surface area contributed by atoms with Crippen LogP contribution in [0.25, 0.3) is 0 Å². The van der Waals surface area contributed by atoms with Crippen LogP contribution in [0.1, 0.15) is 26.5 Å². The molecule has 2 atom stereocenters. The van der Waals surface area contributed by atoms with Crippen molar-refractivity contribution in [2.75, 3.05) is 19.6 Å². The van der Waals surface area contributed by atoms with E-state index in [1.165, 1.54) is 4.31 Å². The number of hydrogen-bond acceptors (Lipinski definition) is 4. The van der Waals surface area contributed by atoms with Gasteiger partial charge in [0, 0.05) is 38.6 Å². The summed E-state index contributed by atoms with van der Waals surface area (Å²) in [5.41, 5.74) is 0.963. The summed E-state index contributed by atoms with van der Waals surface area (Å²) in [6.07, 6.45) is 1.54. The van der Waals surface area contributed by atoms with Crippen LogP contribution in [0, 0.1) is 0 Å². The molecule has 1 aliphatic rings. The fourth-order valence-corrected chi connectivity index (χ4v) is 4.31. The van der Waals surface area contributed by atoms with Crippen molar-refractivity contribution < 1.29 is 13.2 Å². The van der Waals surface area contributed by atoms with Crippen LogP contribution in [-0.2, 0) is 28.4 Å². The number of aryl methyl sites for hydroxylation is 1. The lowest BCUT2D eigenvalue weighted by molar-refractivity contribution is -0.0440. The third kappa shape index (κ3) is 3.66. The highest BCUT2D eigenvalue weighted by Gasteiger charge is 2.32. The van der Waals surface area contributed by atoms with Crippen molar-refractivity contribution in [3.8, 4) is 0 Å². The molecule has 120 valence electrons. The van der Waals surface area contributed by atoms with E-state index in [-0.39, 0.29) is 12.2 Å². The van der Waals surface area contributed by atoms with Crippen molar-refractivity contribution in [2.45, 2.75) is 44.4 Å². The first-order chi connectivity index (χ1) is 9.84. The Morgan fingerprint density at radius 1 is 1.33 bits per heavy atom. The van der Waals surface area contributed by atoms with Crippen molar-refractivity contribution in [2.24, 2.45) is 7.05 Å². The first-order valence-corrected chi connectivity index (χ1v) is 8.80. The Kier molecular flexibility index (Phi) is 5.08. The summed E-state index contributed by atoms with van der Waals surface area (Å²) in [6, 6.07) is 1.75. The highest BCUT2D eigenvalue weighted by atomic mass is 32.2. The number of morpholine rings is 1. The minimum atomic E-state index is -3.45. The zero-order chi connectivity index (χ0) is 15.6. The van der Waals surface area contributed by atoms with Gasteiger partial charge in [-0.1, -0.05) is 6.92 Å². The lowest BCUT2D eigenvalue weighted by Gasteiger charge is -2.34. The Hall–Kier alpha value is -0.890. The molecule has 1 aromatic rings. The molecule has 6 nitrogen and oxygen atoms in total. The molecule has 0 radical (unpaired) electrons. The molecule has 0 spiro atoms. The number of hydrogen-bond donors (Lipinski definition) is 1. The summed E-state index contributed by atoms with van der Waals surface area (Å²) >= 11 is 0. The minimum absolute atomic E-state index is 0.0755. The van der Waals surface area contributed by atoms with Crippen molar-refractivity contribution in [3.05, 3.63) is 18.0 Å². The Balaban J connectivity index is 2.23. The molecular weight excluding hydrogens is 290 g/mol. The Morgan fingerprint density at radius 3 is 2.52 bits per heavy atom. The number of ether oxygens (including phenoxy) is 1. The van der Waals surface area contributed by atoms with Crippen molar-refractivity contribution in [1.82, 2.24) is 14.2 Å². The van der Waals surface area contributed by atoms with Gasteiger partial charge in [0.1, 0.15) is 4.90 Å². The highest BCUT2D eigenvalue weighted by molar-refractivity contribution is 7.89. The second-order valence-corrected chi connectivity index (χ2v) is 7.58. The molecule has 21 heavy (non-hydrogen) atoms. The van der Waals surface area contributed by atoms with Gasteiger partial charge in [0.25, 0.3) is 0 Å². The summed E-state index contributed by atoms with van der Waals surface area (Å²) in [6.45, 7) is 8.16. The molecule has 0 amide bonds. The summed E-state index contributed by atoms with van der Waals surface area (Å²) < 4.78 is 34.5. The van der Waals surface area contributed by atoms with E-state index in [0.717, 1.165) is 12.2 Å². The smallest absolute Gasteiger partial charge is 0.244 e. The van der Waals surface area contributed by atoms with E-state index >= 15 is 0 Å². The van der Waals surface area contributed by atoms with Crippen molar-refractivity contribution in [1.29, 1.82) is 0 Å². The number of nitrogens with one attached hydrogen (secondary N) is 1. The van der Waals surface area contributed by atoms with E-state index in [0.29, 0.717) is 24.5 Å². The van der Waals surface area contributed by atoms with Gasteiger partial charge in [0.05, 0.1) is 12.2 Å². The number of sulfonamides is 1. The van der Waals surface area contributed by atoms with Gasteiger partial charge in [-0.25, -0.2) is 8.42 Å². The molecule has 1 N–H and O–H groups in total. The molecular formula is C14H25N3O3S. The monoisotopic (exact) mass is 315 g/mol. The zero-order valence-corrected chi connectivity index (χ0v) is 14.0. The first kappa shape index (κ1) is 16.5. The molecule has 1 aromatic heterocycles. The van der Waals surface area contributed by atoms with Crippen LogP contribution in [0.15, 0.2) is 17.2 Å². The molecule has 2 unspecified atom stereocenters.